The number of hydrogen-bond acceptors (Lipinski definition) is 0. The summed E-state index contributed by atoms with van der Waals surface area (Å²) in [5, 5.41) is 9.39. The minimum atomic E-state index is 0.918. The number of rotatable bonds is 3. The Bertz CT molecular complexity index is 540. The van der Waals surface area contributed by atoms with E-state index in [0.29, 0.717) is 0 Å². The van der Waals surface area contributed by atoms with Crippen molar-refractivity contribution in [1.29, 1.82) is 0 Å². The zero-order valence-corrected chi connectivity index (χ0v) is 12.0. The molecule has 0 atom stereocenters. The molecular weight excluding hydrogens is 268 g/mol. The zero-order chi connectivity index (χ0) is 14.8. The van der Waals surface area contributed by atoms with Gasteiger partial charge in [-0.3, -0.25) is 0 Å². The van der Waals surface area contributed by atoms with E-state index in [2.05, 4.69) is 24.3 Å². The van der Waals surface area contributed by atoms with E-state index in [0.717, 1.165) is 35.3 Å². The number of benzene rings is 2. The molecule has 2 aromatic rings. The lowest BCUT2D eigenvalue weighted by molar-refractivity contribution is 0.736. The summed E-state index contributed by atoms with van der Waals surface area (Å²) < 4.78 is 0. The lowest BCUT2D eigenvalue weighted by Gasteiger charge is -2.16. The molecule has 2 aromatic carbocycles. The highest BCUT2D eigenvalue weighted by molar-refractivity contribution is 5.54. The SMILES string of the molecule is [CH]1[CH][C](c2ccccc2)[N][C]1[C]1[CH][CH][C](c2ccccc2)[N]1. The number of nitrogens with zero attached hydrogens (tertiary/aromatic N) is 2. The largest absolute Gasteiger partial charge is 0.217 e. The van der Waals surface area contributed by atoms with Crippen LogP contribution in [-0.2, 0) is 0 Å². The monoisotopic (exact) mass is 282 g/mol. The van der Waals surface area contributed by atoms with E-state index in [-0.39, 0.29) is 0 Å². The van der Waals surface area contributed by atoms with Gasteiger partial charge in [0.1, 0.15) is 0 Å². The van der Waals surface area contributed by atoms with E-state index in [4.69, 9.17) is 10.6 Å². The van der Waals surface area contributed by atoms with Crippen LogP contribution in [0.15, 0.2) is 60.7 Å². The van der Waals surface area contributed by atoms with Crippen LogP contribution in [0.5, 0.6) is 0 Å². The molecule has 0 saturated carbocycles. The maximum absolute atomic E-state index is 4.70. The van der Waals surface area contributed by atoms with Crippen LogP contribution in [0.4, 0.5) is 0 Å². The van der Waals surface area contributed by atoms with Crippen LogP contribution in [0.1, 0.15) is 11.1 Å². The van der Waals surface area contributed by atoms with Gasteiger partial charge in [-0.25, -0.2) is 10.6 Å². The van der Waals surface area contributed by atoms with Crippen molar-refractivity contribution in [3.05, 3.63) is 122 Å². The summed E-state index contributed by atoms with van der Waals surface area (Å²) in [6.45, 7) is 0. The average Bonchev–Trinajstić information content (AvgIpc) is 3.26. The lowest BCUT2D eigenvalue weighted by atomic mass is 10.0. The van der Waals surface area contributed by atoms with Crippen molar-refractivity contribution >= 4 is 0 Å². The van der Waals surface area contributed by atoms with Gasteiger partial charge in [0, 0.05) is 0 Å². The van der Waals surface area contributed by atoms with Crippen LogP contribution in [-0.4, -0.2) is 0 Å². The molecule has 0 unspecified atom stereocenters. The first-order valence-corrected chi connectivity index (χ1v) is 7.29. The van der Waals surface area contributed by atoms with Crippen LogP contribution < -0.4 is 10.6 Å². The van der Waals surface area contributed by atoms with E-state index in [9.17, 15) is 0 Å². The molecule has 0 bridgehead atoms. The van der Waals surface area contributed by atoms with Crippen LogP contribution in [0.25, 0.3) is 0 Å². The molecule has 0 aliphatic carbocycles. The summed E-state index contributed by atoms with van der Waals surface area (Å²) in [5.74, 6) is 0. The first-order valence-electron chi connectivity index (χ1n) is 7.29. The Labute approximate surface area is 132 Å². The molecule has 104 valence electrons. The van der Waals surface area contributed by atoms with Gasteiger partial charge in [0.05, 0.1) is 24.2 Å². The van der Waals surface area contributed by atoms with Crippen molar-refractivity contribution in [3.63, 3.8) is 0 Å². The van der Waals surface area contributed by atoms with Crippen LogP contribution >= 0.6 is 0 Å². The van der Waals surface area contributed by atoms with E-state index in [1.54, 1.807) is 0 Å². The summed E-state index contributed by atoms with van der Waals surface area (Å²) >= 11 is 0. The van der Waals surface area contributed by atoms with Crippen molar-refractivity contribution in [2.45, 2.75) is 0 Å². The fourth-order valence-corrected chi connectivity index (χ4v) is 2.55. The topological polar surface area (TPSA) is 28.2 Å². The average molecular weight is 282 g/mol. The standard InChI is InChI=1S/C20H14N2/c1-3-7-15(8-4-1)17-11-13-19(21-17)20-14-12-18(22-20)16-9-5-2-6-10-16/h1-14H. The molecule has 0 amide bonds. The fraction of sp³-hybridized carbons (Fsp3) is 0. The van der Waals surface area contributed by atoms with Gasteiger partial charge >= 0.3 is 0 Å². The first kappa shape index (κ1) is 14.0. The van der Waals surface area contributed by atoms with Crippen molar-refractivity contribution in [1.82, 2.24) is 10.6 Å². The highest BCUT2D eigenvalue weighted by Gasteiger charge is 2.40. The molecule has 0 spiro atoms. The van der Waals surface area contributed by atoms with Crippen molar-refractivity contribution in [2.75, 3.05) is 0 Å². The molecule has 2 nitrogen and oxygen atoms in total. The molecule has 0 N–H and O–H groups in total. The van der Waals surface area contributed by atoms with Gasteiger partial charge in [0.15, 0.2) is 0 Å². The van der Waals surface area contributed by atoms with Gasteiger partial charge in [-0.15, -0.1) is 0 Å². The fourth-order valence-electron chi connectivity index (χ4n) is 2.55. The zero-order valence-electron chi connectivity index (χ0n) is 12.0. The second-order valence-corrected chi connectivity index (χ2v) is 5.16. The molecule has 4 rings (SSSR count). The van der Waals surface area contributed by atoms with Gasteiger partial charge in [-0.05, 0) is 36.8 Å². The Kier molecular flexibility index (Phi) is 3.96. The molecule has 2 heterocycles. The predicted octanol–water partition coefficient (Wildman–Crippen LogP) is 3.26. The minimum absolute atomic E-state index is 0.918. The molecule has 2 saturated heterocycles. The van der Waals surface area contributed by atoms with Crippen molar-refractivity contribution in [2.24, 2.45) is 0 Å². The maximum Gasteiger partial charge on any atom is 0.0889 e. The normalized spacial score (nSPS) is 21.6. The van der Waals surface area contributed by atoms with E-state index >= 15 is 0 Å². The van der Waals surface area contributed by atoms with Crippen molar-refractivity contribution in [3.8, 4) is 0 Å². The smallest absolute Gasteiger partial charge is 0.0889 e. The predicted molar refractivity (Wildman–Crippen MR) is 85.5 cm³/mol. The van der Waals surface area contributed by atoms with E-state index in [1.165, 1.54) is 0 Å². The second-order valence-electron chi connectivity index (χ2n) is 5.16. The molecular formula is C20H14N2. The Balaban J connectivity index is 1.38. The van der Waals surface area contributed by atoms with E-state index in [1.807, 2.05) is 62.1 Å². The van der Waals surface area contributed by atoms with E-state index < -0.39 is 0 Å². The van der Waals surface area contributed by atoms with Crippen LogP contribution in [0, 0.1) is 49.9 Å². The van der Waals surface area contributed by atoms with Crippen LogP contribution in [0.3, 0.4) is 0 Å². The van der Waals surface area contributed by atoms with Gasteiger partial charge in [-0.1, -0.05) is 60.7 Å². The Morgan fingerprint density at radius 2 is 0.773 bits per heavy atom. The lowest BCUT2D eigenvalue weighted by Crippen LogP contribution is -2.22. The molecule has 2 aliphatic rings. The summed E-state index contributed by atoms with van der Waals surface area (Å²) in [4.78, 5) is 0. The van der Waals surface area contributed by atoms with Crippen LogP contribution in [0.2, 0.25) is 0 Å². The summed E-state index contributed by atoms with van der Waals surface area (Å²) in [5.41, 5.74) is 2.26. The first-order chi connectivity index (χ1) is 10.9. The third-order valence-corrected chi connectivity index (χ3v) is 3.68. The highest BCUT2D eigenvalue weighted by atomic mass is 15.1. The maximum atomic E-state index is 4.70. The van der Waals surface area contributed by atoms with Gasteiger partial charge in [0.25, 0.3) is 0 Å². The van der Waals surface area contributed by atoms with Gasteiger partial charge in [-0.2, -0.15) is 0 Å². The van der Waals surface area contributed by atoms with Gasteiger partial charge < -0.3 is 0 Å². The molecule has 0 aromatic heterocycles. The highest BCUT2D eigenvalue weighted by Crippen LogP contribution is 2.40. The Morgan fingerprint density at radius 3 is 1.18 bits per heavy atom. The molecule has 2 aliphatic heterocycles. The van der Waals surface area contributed by atoms with Crippen molar-refractivity contribution < 1.29 is 0 Å². The Morgan fingerprint density at radius 1 is 0.409 bits per heavy atom. The quantitative estimate of drug-likeness (QED) is 0.826. The minimum Gasteiger partial charge on any atom is -0.217 e. The third-order valence-electron chi connectivity index (χ3n) is 3.68. The molecule has 22 heavy (non-hydrogen) atoms. The number of hydrogen-bond donors (Lipinski definition) is 0. The summed E-state index contributed by atoms with van der Waals surface area (Å²) in [6, 6.07) is 24.2. The summed E-state index contributed by atoms with van der Waals surface area (Å²) in [7, 11) is 0. The molecule has 2 heteroatoms. The molecule has 2 fully saturated rings. The second kappa shape index (κ2) is 6.23. The Hall–Kier alpha value is -1.64. The summed E-state index contributed by atoms with van der Waals surface area (Å²) in [6.07, 6.45) is 8.14. The molecule has 10 radical (unpaired) electrons. The third kappa shape index (κ3) is 2.81. The van der Waals surface area contributed by atoms with Gasteiger partial charge in [0.2, 0.25) is 0 Å².